The van der Waals surface area contributed by atoms with Crippen LogP contribution in [0.3, 0.4) is 0 Å². The van der Waals surface area contributed by atoms with Crippen molar-refractivity contribution in [2.24, 2.45) is 5.73 Å². The summed E-state index contributed by atoms with van der Waals surface area (Å²) in [6, 6.07) is 0.617. The second kappa shape index (κ2) is 8.13. The molecule has 0 aromatic rings. The first-order valence-corrected chi connectivity index (χ1v) is 8.24. The van der Waals surface area contributed by atoms with Gasteiger partial charge >= 0.3 is 6.09 Å². The standard InChI is InChI=1S/C16H34N4O2/c1-12(18-15(21)22-16(2,3)4)14(10-17)20(6)11-13-8-7-9-19(13)5/h12-14H,7-11,17H2,1-6H3,(H,18,21). The number of hydrogen-bond acceptors (Lipinski definition) is 5. The highest BCUT2D eigenvalue weighted by Crippen LogP contribution is 2.17. The molecular weight excluding hydrogens is 280 g/mol. The number of likely N-dealkylation sites (N-methyl/N-ethyl adjacent to an activating group) is 2. The van der Waals surface area contributed by atoms with Gasteiger partial charge in [0.1, 0.15) is 5.60 Å². The number of nitrogens with zero attached hydrogens (tertiary/aromatic N) is 2. The average Bonchev–Trinajstić information content (AvgIpc) is 2.73. The van der Waals surface area contributed by atoms with Crippen molar-refractivity contribution in [3.8, 4) is 0 Å². The van der Waals surface area contributed by atoms with Crippen molar-refractivity contribution in [1.82, 2.24) is 15.1 Å². The van der Waals surface area contributed by atoms with Gasteiger partial charge in [-0.1, -0.05) is 0 Å². The maximum absolute atomic E-state index is 11.9. The molecule has 1 fully saturated rings. The third-order valence-corrected chi connectivity index (χ3v) is 4.30. The van der Waals surface area contributed by atoms with Gasteiger partial charge in [0.2, 0.25) is 0 Å². The molecule has 130 valence electrons. The van der Waals surface area contributed by atoms with Crippen molar-refractivity contribution in [2.75, 3.05) is 33.7 Å². The molecule has 0 spiro atoms. The molecule has 1 rings (SSSR count). The molecule has 1 aliphatic rings. The van der Waals surface area contributed by atoms with E-state index in [0.717, 1.165) is 13.1 Å². The molecule has 1 amide bonds. The summed E-state index contributed by atoms with van der Waals surface area (Å²) in [6.45, 7) is 10.2. The Morgan fingerprint density at radius 2 is 2.14 bits per heavy atom. The van der Waals surface area contributed by atoms with E-state index >= 15 is 0 Å². The normalized spacial score (nSPS) is 22.6. The zero-order chi connectivity index (χ0) is 16.9. The number of carbonyl (C=O) groups is 1. The summed E-state index contributed by atoms with van der Waals surface area (Å²) in [7, 11) is 4.25. The molecule has 1 aliphatic heterocycles. The molecular formula is C16H34N4O2. The van der Waals surface area contributed by atoms with E-state index in [2.05, 4.69) is 29.2 Å². The maximum atomic E-state index is 11.9. The molecule has 22 heavy (non-hydrogen) atoms. The fourth-order valence-corrected chi connectivity index (χ4v) is 3.03. The van der Waals surface area contributed by atoms with E-state index in [1.165, 1.54) is 12.8 Å². The van der Waals surface area contributed by atoms with Crippen molar-refractivity contribution < 1.29 is 9.53 Å². The number of hydrogen-bond donors (Lipinski definition) is 2. The first kappa shape index (κ1) is 19.2. The second-order valence-corrected chi connectivity index (χ2v) is 7.45. The average molecular weight is 314 g/mol. The van der Waals surface area contributed by atoms with Crippen molar-refractivity contribution >= 4 is 6.09 Å². The Morgan fingerprint density at radius 1 is 1.50 bits per heavy atom. The molecule has 1 heterocycles. The molecule has 6 nitrogen and oxygen atoms in total. The number of carbonyl (C=O) groups excluding carboxylic acids is 1. The van der Waals surface area contributed by atoms with Crippen molar-refractivity contribution in [2.45, 2.75) is 64.3 Å². The van der Waals surface area contributed by atoms with Gasteiger partial charge in [0.05, 0.1) is 0 Å². The lowest BCUT2D eigenvalue weighted by molar-refractivity contribution is 0.0472. The molecule has 0 bridgehead atoms. The van der Waals surface area contributed by atoms with Crippen LogP contribution in [0, 0.1) is 0 Å². The largest absolute Gasteiger partial charge is 0.444 e. The summed E-state index contributed by atoms with van der Waals surface area (Å²) in [5.41, 5.74) is 5.45. The molecule has 1 saturated heterocycles. The molecule has 3 atom stereocenters. The van der Waals surface area contributed by atoms with E-state index in [1.807, 2.05) is 27.7 Å². The number of rotatable bonds is 6. The monoisotopic (exact) mass is 314 g/mol. The zero-order valence-electron chi connectivity index (χ0n) is 15.1. The van der Waals surface area contributed by atoms with Crippen molar-refractivity contribution in [1.29, 1.82) is 0 Å². The van der Waals surface area contributed by atoms with E-state index in [4.69, 9.17) is 10.5 Å². The van der Waals surface area contributed by atoms with Gasteiger partial charge in [-0.15, -0.1) is 0 Å². The van der Waals surface area contributed by atoms with Crippen LogP contribution in [0.4, 0.5) is 4.79 Å². The second-order valence-electron chi connectivity index (χ2n) is 7.45. The van der Waals surface area contributed by atoms with Crippen LogP contribution in [-0.2, 0) is 4.74 Å². The van der Waals surface area contributed by atoms with E-state index in [-0.39, 0.29) is 18.2 Å². The lowest BCUT2D eigenvalue weighted by Crippen LogP contribution is -2.55. The molecule has 3 unspecified atom stereocenters. The van der Waals surface area contributed by atoms with Gasteiger partial charge in [-0.25, -0.2) is 4.79 Å². The fraction of sp³-hybridized carbons (Fsp3) is 0.938. The lowest BCUT2D eigenvalue weighted by atomic mass is 10.1. The van der Waals surface area contributed by atoms with Crippen molar-refractivity contribution in [3.63, 3.8) is 0 Å². The van der Waals surface area contributed by atoms with Gasteiger partial charge in [0.15, 0.2) is 0 Å². The molecule has 0 aliphatic carbocycles. The lowest BCUT2D eigenvalue weighted by Gasteiger charge is -2.35. The van der Waals surface area contributed by atoms with Gasteiger partial charge in [-0.3, -0.25) is 4.90 Å². The summed E-state index contributed by atoms with van der Waals surface area (Å²) in [6.07, 6.45) is 2.10. The van der Waals surface area contributed by atoms with Gasteiger partial charge in [0, 0.05) is 31.2 Å². The Kier molecular flexibility index (Phi) is 7.09. The predicted molar refractivity (Wildman–Crippen MR) is 90.0 cm³/mol. The Hall–Kier alpha value is -0.850. The highest BCUT2D eigenvalue weighted by molar-refractivity contribution is 5.68. The van der Waals surface area contributed by atoms with Crippen LogP contribution in [0.25, 0.3) is 0 Å². The third-order valence-electron chi connectivity index (χ3n) is 4.30. The molecule has 0 aromatic heterocycles. The van der Waals surface area contributed by atoms with E-state index in [0.29, 0.717) is 12.6 Å². The Morgan fingerprint density at radius 3 is 2.59 bits per heavy atom. The Bertz CT molecular complexity index is 357. The van der Waals surface area contributed by atoms with Crippen LogP contribution in [0.2, 0.25) is 0 Å². The predicted octanol–water partition coefficient (Wildman–Crippen LogP) is 1.25. The van der Waals surface area contributed by atoms with E-state index < -0.39 is 5.60 Å². The van der Waals surface area contributed by atoms with Crippen LogP contribution >= 0.6 is 0 Å². The zero-order valence-corrected chi connectivity index (χ0v) is 15.1. The summed E-state index contributed by atoms with van der Waals surface area (Å²) in [5.74, 6) is 0. The summed E-state index contributed by atoms with van der Waals surface area (Å²) < 4.78 is 5.32. The van der Waals surface area contributed by atoms with E-state index in [9.17, 15) is 4.79 Å². The minimum Gasteiger partial charge on any atom is -0.444 e. The van der Waals surface area contributed by atoms with Gasteiger partial charge in [-0.05, 0) is 61.2 Å². The summed E-state index contributed by atoms with van der Waals surface area (Å²) >= 11 is 0. The minimum absolute atomic E-state index is 0.0587. The molecule has 0 saturated carbocycles. The topological polar surface area (TPSA) is 70.8 Å². The van der Waals surface area contributed by atoms with Crippen LogP contribution in [-0.4, -0.2) is 73.3 Å². The third kappa shape index (κ3) is 6.10. The van der Waals surface area contributed by atoms with Gasteiger partial charge in [-0.2, -0.15) is 0 Å². The number of likely N-dealkylation sites (tertiary alicyclic amines) is 1. The van der Waals surface area contributed by atoms with Gasteiger partial charge < -0.3 is 20.7 Å². The van der Waals surface area contributed by atoms with Crippen LogP contribution in [0.5, 0.6) is 0 Å². The fourth-order valence-electron chi connectivity index (χ4n) is 3.03. The smallest absolute Gasteiger partial charge is 0.407 e. The highest BCUT2D eigenvalue weighted by Gasteiger charge is 2.28. The van der Waals surface area contributed by atoms with E-state index in [1.54, 1.807) is 0 Å². The van der Waals surface area contributed by atoms with Crippen LogP contribution in [0.15, 0.2) is 0 Å². The quantitative estimate of drug-likeness (QED) is 0.772. The minimum atomic E-state index is -0.486. The Balaban J connectivity index is 2.52. The molecule has 0 aromatic carbocycles. The summed E-state index contributed by atoms with van der Waals surface area (Å²) in [5, 5.41) is 2.91. The number of ether oxygens (including phenoxy) is 1. The van der Waals surface area contributed by atoms with Crippen molar-refractivity contribution in [3.05, 3.63) is 0 Å². The molecule has 6 heteroatoms. The maximum Gasteiger partial charge on any atom is 0.407 e. The SMILES string of the molecule is CC(NC(=O)OC(C)(C)C)C(CN)N(C)CC1CCCN1C. The van der Waals surface area contributed by atoms with Crippen LogP contribution in [0.1, 0.15) is 40.5 Å². The van der Waals surface area contributed by atoms with Gasteiger partial charge in [0.25, 0.3) is 0 Å². The molecule has 3 N–H and O–H groups in total. The first-order valence-electron chi connectivity index (χ1n) is 8.24. The first-order chi connectivity index (χ1) is 10.1. The summed E-state index contributed by atoms with van der Waals surface area (Å²) in [4.78, 5) is 16.6. The number of amides is 1. The number of alkyl carbamates (subject to hydrolysis) is 1. The Labute approximate surface area is 135 Å². The number of nitrogens with two attached hydrogens (primary N) is 1. The molecule has 0 radical (unpaired) electrons. The van der Waals surface area contributed by atoms with Crippen LogP contribution < -0.4 is 11.1 Å². The number of nitrogens with one attached hydrogen (secondary N) is 1. The highest BCUT2D eigenvalue weighted by atomic mass is 16.6.